The first kappa shape index (κ1) is 43.9. The molecule has 2 bridgehead atoms. The van der Waals surface area contributed by atoms with Crippen LogP contribution in [0.3, 0.4) is 0 Å². The minimum Gasteiger partial charge on any atom is -0.491 e. The molecule has 2 saturated carbocycles. The predicted molar refractivity (Wildman–Crippen MR) is 229 cm³/mol. The number of halogens is 1. The standard InChI is InChI=1S/C43H77BrO6Si3/c1-20-46-39(45)35-34-29(43(13)22-21-31(25(2)37(35)47-43)48-51(14,15)40(4,5)6)23-27-30(44)24-28-33(32(27)34)38(50-53(18,19)42(10,11)12)26(3)36(28)49-52(16,17)41(7,8)9/h24-29,31-34,36,38H,20-23H2,1-19H3/t25?,26-,27-,28+,29?,31?,32-,33?,34?,36-,38+,43-/m0/s1. The SMILES string of the molecule is CCOC(=O)C1=C2O[C@@](C)(CCC(O[Si](C)(C)C(C)(C)C)C2C)C2C[C@H]3C(Br)=C[C@@H]4C([C@H]3C12)[C@H](O[Si](C)(C)C(C)(C)C)[C@@H](C)[C@@H]4O[Si](C)(C)C(C)(C)C. The van der Waals surface area contributed by atoms with Gasteiger partial charge in [-0.3, -0.25) is 0 Å². The zero-order valence-corrected chi connectivity index (χ0v) is 41.7. The van der Waals surface area contributed by atoms with Crippen LogP contribution in [-0.2, 0) is 27.5 Å². The Hall–Kier alpha value is -0.239. The van der Waals surface area contributed by atoms with Gasteiger partial charge in [-0.2, -0.15) is 0 Å². The zero-order chi connectivity index (χ0) is 40.2. The average molecular weight is 854 g/mol. The van der Waals surface area contributed by atoms with E-state index in [9.17, 15) is 4.79 Å². The minimum atomic E-state index is -2.19. The van der Waals surface area contributed by atoms with Crippen molar-refractivity contribution in [3.05, 3.63) is 21.9 Å². The second-order valence-corrected chi connectivity index (χ2v) is 37.6. The fourth-order valence-electron chi connectivity index (χ4n) is 9.77. The smallest absolute Gasteiger partial charge is 0.337 e. The van der Waals surface area contributed by atoms with E-state index in [1.165, 1.54) is 4.48 Å². The van der Waals surface area contributed by atoms with Crippen LogP contribution in [0.1, 0.15) is 109 Å². The topological polar surface area (TPSA) is 63.2 Å². The molecule has 0 aromatic rings. The second kappa shape index (κ2) is 14.2. The molecule has 0 amide bonds. The lowest BCUT2D eigenvalue weighted by atomic mass is 9.64. The number of rotatable bonds is 8. The van der Waals surface area contributed by atoms with Crippen LogP contribution in [0.15, 0.2) is 21.9 Å². The number of fused-ring (bicyclic) bond motifs is 8. The summed E-state index contributed by atoms with van der Waals surface area (Å²) < 4.78 is 37.0. The van der Waals surface area contributed by atoms with Crippen molar-refractivity contribution in [1.82, 2.24) is 0 Å². The summed E-state index contributed by atoms with van der Waals surface area (Å²) in [7, 11) is -6.43. The molecule has 0 aromatic carbocycles. The number of esters is 1. The van der Waals surface area contributed by atoms with Crippen molar-refractivity contribution < 1.29 is 27.5 Å². The Labute approximate surface area is 336 Å². The van der Waals surface area contributed by atoms with Crippen LogP contribution < -0.4 is 0 Å². The molecule has 2 aliphatic heterocycles. The van der Waals surface area contributed by atoms with E-state index < -0.39 is 30.6 Å². The summed E-state index contributed by atoms with van der Waals surface area (Å²) in [5.74, 6) is 1.81. The summed E-state index contributed by atoms with van der Waals surface area (Å²) >= 11 is 4.21. The van der Waals surface area contributed by atoms with Crippen molar-refractivity contribution in [2.75, 3.05) is 6.61 Å². The van der Waals surface area contributed by atoms with Crippen molar-refractivity contribution in [2.24, 2.45) is 47.3 Å². The molecule has 2 heterocycles. The molecule has 3 aliphatic carbocycles. The van der Waals surface area contributed by atoms with Gasteiger partial charge in [0.1, 0.15) is 11.4 Å². The minimum absolute atomic E-state index is 0.0000388. The molecule has 304 valence electrons. The molecule has 1 saturated heterocycles. The molecule has 53 heavy (non-hydrogen) atoms. The van der Waals surface area contributed by atoms with Crippen LogP contribution in [0, 0.1) is 47.3 Å². The maximum Gasteiger partial charge on any atom is 0.337 e. The monoisotopic (exact) mass is 852 g/mol. The van der Waals surface area contributed by atoms with Crippen molar-refractivity contribution >= 4 is 46.9 Å². The number of hydrogen-bond acceptors (Lipinski definition) is 6. The molecule has 12 atom stereocenters. The number of carbonyl (C=O) groups excluding carboxylic acids is 1. The first-order chi connectivity index (χ1) is 23.9. The number of allylic oxidation sites excluding steroid dienone is 1. The third-order valence-electron chi connectivity index (χ3n) is 16.1. The normalized spacial score (nSPS) is 38.0. The van der Waals surface area contributed by atoms with E-state index in [1.807, 2.05) is 6.92 Å². The molecule has 6 nitrogen and oxygen atoms in total. The Morgan fingerprint density at radius 3 is 1.87 bits per heavy atom. The molecular formula is C43H77BrO6Si3. The van der Waals surface area contributed by atoms with Crippen molar-refractivity contribution in [3.8, 4) is 0 Å². The van der Waals surface area contributed by atoms with Gasteiger partial charge in [0.05, 0.1) is 30.5 Å². The molecule has 3 fully saturated rings. The summed E-state index contributed by atoms with van der Waals surface area (Å²) in [6, 6.07) is 0. The van der Waals surface area contributed by atoms with Crippen LogP contribution in [0.25, 0.3) is 0 Å². The van der Waals surface area contributed by atoms with E-state index in [-0.39, 0.29) is 86.7 Å². The summed E-state index contributed by atoms with van der Waals surface area (Å²) in [6.45, 7) is 44.5. The first-order valence-corrected chi connectivity index (χ1v) is 30.4. The maximum atomic E-state index is 14.6. The quantitative estimate of drug-likeness (QED) is 0.179. The van der Waals surface area contributed by atoms with Gasteiger partial charge in [0, 0.05) is 29.6 Å². The highest BCUT2D eigenvalue weighted by molar-refractivity contribution is 9.11. The molecule has 5 unspecified atom stereocenters. The van der Waals surface area contributed by atoms with E-state index in [4.69, 9.17) is 22.8 Å². The maximum absolute atomic E-state index is 14.6. The lowest BCUT2D eigenvalue weighted by molar-refractivity contribution is -0.144. The Kier molecular flexibility index (Phi) is 11.8. The molecular weight excluding hydrogens is 777 g/mol. The van der Waals surface area contributed by atoms with E-state index in [0.717, 1.165) is 30.6 Å². The Morgan fingerprint density at radius 1 is 0.849 bits per heavy atom. The highest BCUT2D eigenvalue weighted by Crippen LogP contribution is 2.67. The Morgan fingerprint density at radius 2 is 1.36 bits per heavy atom. The van der Waals surface area contributed by atoms with Gasteiger partial charge in [0.2, 0.25) is 0 Å². The van der Waals surface area contributed by atoms with Gasteiger partial charge in [-0.05, 0) is 110 Å². The van der Waals surface area contributed by atoms with Gasteiger partial charge in [0.25, 0.3) is 0 Å². The van der Waals surface area contributed by atoms with Gasteiger partial charge in [-0.15, -0.1) is 0 Å². The highest BCUT2D eigenvalue weighted by atomic mass is 79.9. The highest BCUT2D eigenvalue weighted by Gasteiger charge is 2.67. The number of ether oxygens (including phenoxy) is 2. The van der Waals surface area contributed by atoms with E-state index in [0.29, 0.717) is 6.61 Å². The summed E-state index contributed by atoms with van der Waals surface area (Å²) in [5.41, 5.74) is 0.376. The first-order valence-electron chi connectivity index (χ1n) is 20.9. The molecule has 5 aliphatic rings. The van der Waals surface area contributed by atoms with Crippen molar-refractivity contribution in [1.29, 1.82) is 0 Å². The molecule has 0 aromatic heterocycles. The van der Waals surface area contributed by atoms with Gasteiger partial charge < -0.3 is 22.8 Å². The molecule has 10 heteroatoms. The van der Waals surface area contributed by atoms with Crippen LogP contribution in [0.4, 0.5) is 0 Å². The fourth-order valence-corrected chi connectivity index (χ4v) is 14.8. The molecule has 0 radical (unpaired) electrons. The van der Waals surface area contributed by atoms with E-state index in [2.05, 4.69) is 144 Å². The third kappa shape index (κ3) is 7.61. The van der Waals surface area contributed by atoms with Crippen LogP contribution in [0.2, 0.25) is 54.4 Å². The lowest BCUT2D eigenvalue weighted by Gasteiger charge is -2.49. The average Bonchev–Trinajstić information content (AvgIpc) is 3.47. The second-order valence-electron chi connectivity index (χ2n) is 22.5. The van der Waals surface area contributed by atoms with Crippen LogP contribution >= 0.6 is 15.9 Å². The van der Waals surface area contributed by atoms with Gasteiger partial charge in [-0.25, -0.2) is 4.79 Å². The van der Waals surface area contributed by atoms with Crippen molar-refractivity contribution in [3.63, 3.8) is 0 Å². The molecule has 0 N–H and O–H groups in total. The predicted octanol–water partition coefficient (Wildman–Crippen LogP) is 12.2. The van der Waals surface area contributed by atoms with Crippen LogP contribution in [-0.4, -0.2) is 61.4 Å². The zero-order valence-electron chi connectivity index (χ0n) is 37.1. The van der Waals surface area contributed by atoms with Crippen molar-refractivity contribution in [2.45, 2.75) is 188 Å². The Bertz CT molecular complexity index is 1470. The number of hydrogen-bond donors (Lipinski definition) is 0. The van der Waals surface area contributed by atoms with Gasteiger partial charge in [-0.1, -0.05) is 98.2 Å². The number of carbonyl (C=O) groups is 1. The van der Waals surface area contributed by atoms with Gasteiger partial charge >= 0.3 is 5.97 Å². The lowest BCUT2D eigenvalue weighted by Crippen LogP contribution is -2.51. The Balaban J connectivity index is 1.70. The van der Waals surface area contributed by atoms with Crippen LogP contribution in [0.5, 0.6) is 0 Å². The van der Waals surface area contributed by atoms with E-state index >= 15 is 0 Å². The molecule has 5 rings (SSSR count). The molecule has 0 spiro atoms. The van der Waals surface area contributed by atoms with E-state index in [1.54, 1.807) is 0 Å². The van der Waals surface area contributed by atoms with Gasteiger partial charge in [0.15, 0.2) is 25.0 Å². The summed E-state index contributed by atoms with van der Waals surface area (Å²) in [5, 5.41) is 0.234. The summed E-state index contributed by atoms with van der Waals surface area (Å²) in [4.78, 5) is 14.6. The fraction of sp³-hybridized carbons (Fsp3) is 0.884. The summed E-state index contributed by atoms with van der Waals surface area (Å²) in [6.07, 6.45) is 5.38. The largest absolute Gasteiger partial charge is 0.491 e. The third-order valence-corrected chi connectivity index (χ3v) is 30.4.